The van der Waals surface area contributed by atoms with E-state index in [0.717, 1.165) is 53.0 Å². The molecule has 0 spiro atoms. The first-order valence-corrected chi connectivity index (χ1v) is 9.97. The summed E-state index contributed by atoms with van der Waals surface area (Å²) in [6.45, 7) is 12.7. The molecule has 0 saturated carbocycles. The van der Waals surface area contributed by atoms with E-state index >= 15 is 0 Å². The zero-order chi connectivity index (χ0) is 18.7. The topological polar surface area (TPSA) is 45.5 Å². The van der Waals surface area contributed by atoms with Crippen molar-refractivity contribution in [2.75, 3.05) is 26.2 Å². The Kier molecular flexibility index (Phi) is 6.02. The minimum absolute atomic E-state index is 0.0932. The third kappa shape index (κ3) is 4.12. The van der Waals surface area contributed by atoms with Gasteiger partial charge in [-0.1, -0.05) is 19.1 Å². The first kappa shape index (κ1) is 19.0. The minimum Gasteiger partial charge on any atom is -0.450 e. The van der Waals surface area contributed by atoms with Crippen molar-refractivity contribution < 1.29 is 9.21 Å². The average Bonchev–Trinajstić information content (AvgIpc) is 2.98. The number of aryl methyl sites for hydroxylation is 3. The second kappa shape index (κ2) is 8.26. The van der Waals surface area contributed by atoms with Crippen LogP contribution in [0.3, 0.4) is 0 Å². The Morgan fingerprint density at radius 1 is 1.15 bits per heavy atom. The summed E-state index contributed by atoms with van der Waals surface area (Å²) in [7, 11) is 0. The lowest BCUT2D eigenvalue weighted by Gasteiger charge is -2.30. The van der Waals surface area contributed by atoms with E-state index in [1.807, 2.05) is 19.9 Å². The molecular weight excluding hydrogens is 324 g/mol. The Balaban J connectivity index is 1.50. The minimum atomic E-state index is -0.0932. The zero-order valence-electron chi connectivity index (χ0n) is 16.7. The molecule has 2 aromatic rings. The number of piperidine rings is 1. The van der Waals surface area contributed by atoms with Gasteiger partial charge in [-0.15, -0.1) is 0 Å². The van der Waals surface area contributed by atoms with Crippen molar-refractivity contribution >= 4 is 16.9 Å². The summed E-state index contributed by atoms with van der Waals surface area (Å²) in [6.07, 6.45) is 4.78. The largest absolute Gasteiger partial charge is 0.450 e. The quantitative estimate of drug-likeness (QED) is 0.769. The highest BCUT2D eigenvalue weighted by atomic mass is 16.3. The van der Waals surface area contributed by atoms with Crippen LogP contribution in [-0.4, -0.2) is 37.0 Å². The van der Waals surface area contributed by atoms with E-state index in [9.17, 15) is 4.79 Å². The number of rotatable bonds is 6. The van der Waals surface area contributed by atoms with Gasteiger partial charge in [-0.2, -0.15) is 0 Å². The van der Waals surface area contributed by atoms with Crippen LogP contribution in [0.1, 0.15) is 59.9 Å². The molecule has 26 heavy (non-hydrogen) atoms. The number of nitrogens with zero attached hydrogens (tertiary/aromatic N) is 1. The van der Waals surface area contributed by atoms with Crippen LogP contribution in [0.25, 0.3) is 11.0 Å². The molecule has 142 valence electrons. The molecular formula is C22H32N2O2. The molecule has 4 heteroatoms. The summed E-state index contributed by atoms with van der Waals surface area (Å²) < 4.78 is 5.91. The lowest BCUT2D eigenvalue weighted by atomic mass is 9.99. The highest BCUT2D eigenvalue weighted by Gasteiger charge is 2.19. The monoisotopic (exact) mass is 356 g/mol. The third-order valence-corrected chi connectivity index (χ3v) is 5.75. The zero-order valence-corrected chi connectivity index (χ0v) is 16.7. The second-order valence-electron chi connectivity index (χ2n) is 7.95. The number of furan rings is 1. The maximum atomic E-state index is 12.5. The molecule has 1 aromatic carbocycles. The first-order chi connectivity index (χ1) is 12.5. The second-order valence-corrected chi connectivity index (χ2v) is 7.95. The predicted molar refractivity (Wildman–Crippen MR) is 107 cm³/mol. The molecule has 0 radical (unpaired) electrons. The fraction of sp³-hybridized carbons (Fsp3) is 0.591. The number of carbonyl (C=O) groups is 1. The standard InChI is InChI=1S/C22H32N2O2/c1-15-9-13-24(14-10-15)12-6-5-11-23-22(25)21-18(4)19-16(2)7-8-17(3)20(19)26-21/h7-8,15H,5-6,9-14H2,1-4H3,(H,23,25). The van der Waals surface area contributed by atoms with Gasteiger partial charge in [-0.05, 0) is 83.1 Å². The number of nitrogens with one attached hydrogen (secondary N) is 1. The van der Waals surface area contributed by atoms with Crippen LogP contribution in [0.4, 0.5) is 0 Å². The van der Waals surface area contributed by atoms with Crippen molar-refractivity contribution in [3.8, 4) is 0 Å². The van der Waals surface area contributed by atoms with Crippen LogP contribution >= 0.6 is 0 Å². The summed E-state index contributed by atoms with van der Waals surface area (Å²) in [6, 6.07) is 4.13. The molecule has 0 unspecified atom stereocenters. The van der Waals surface area contributed by atoms with E-state index in [1.54, 1.807) is 0 Å². The Labute approximate surface area is 156 Å². The van der Waals surface area contributed by atoms with Gasteiger partial charge in [0.15, 0.2) is 5.76 Å². The highest BCUT2D eigenvalue weighted by Crippen LogP contribution is 2.30. The number of fused-ring (bicyclic) bond motifs is 1. The Morgan fingerprint density at radius 3 is 2.54 bits per heavy atom. The molecule has 4 nitrogen and oxygen atoms in total. The van der Waals surface area contributed by atoms with E-state index < -0.39 is 0 Å². The summed E-state index contributed by atoms with van der Waals surface area (Å²) in [5, 5.41) is 4.11. The molecule has 1 aromatic heterocycles. The van der Waals surface area contributed by atoms with Crippen molar-refractivity contribution in [1.82, 2.24) is 10.2 Å². The number of unbranched alkanes of at least 4 members (excludes halogenated alkanes) is 1. The van der Waals surface area contributed by atoms with E-state index in [1.165, 1.54) is 25.9 Å². The van der Waals surface area contributed by atoms with Gasteiger partial charge >= 0.3 is 0 Å². The van der Waals surface area contributed by atoms with Crippen molar-refractivity contribution in [3.63, 3.8) is 0 Å². The van der Waals surface area contributed by atoms with Gasteiger partial charge in [0, 0.05) is 17.5 Å². The molecule has 3 rings (SSSR count). The maximum absolute atomic E-state index is 12.5. The number of hydrogen-bond donors (Lipinski definition) is 1. The van der Waals surface area contributed by atoms with Gasteiger partial charge in [-0.3, -0.25) is 4.79 Å². The lowest BCUT2D eigenvalue weighted by Crippen LogP contribution is -2.34. The van der Waals surface area contributed by atoms with Crippen LogP contribution in [0.15, 0.2) is 16.5 Å². The van der Waals surface area contributed by atoms with Crippen molar-refractivity contribution in [3.05, 3.63) is 34.6 Å². The normalized spacial score (nSPS) is 16.3. The predicted octanol–water partition coefficient (Wildman–Crippen LogP) is 4.60. The summed E-state index contributed by atoms with van der Waals surface area (Å²) in [4.78, 5) is 15.1. The van der Waals surface area contributed by atoms with Crippen LogP contribution in [0.5, 0.6) is 0 Å². The van der Waals surface area contributed by atoms with E-state index in [-0.39, 0.29) is 5.91 Å². The van der Waals surface area contributed by atoms with Gasteiger partial charge in [0.05, 0.1) is 0 Å². The highest BCUT2D eigenvalue weighted by molar-refractivity contribution is 6.00. The van der Waals surface area contributed by atoms with E-state index in [4.69, 9.17) is 4.42 Å². The molecule has 0 aliphatic carbocycles. The van der Waals surface area contributed by atoms with Gasteiger partial charge in [0.25, 0.3) is 5.91 Å². The molecule has 1 fully saturated rings. The van der Waals surface area contributed by atoms with Crippen molar-refractivity contribution in [2.45, 2.75) is 53.4 Å². The van der Waals surface area contributed by atoms with Crippen molar-refractivity contribution in [1.29, 1.82) is 0 Å². The van der Waals surface area contributed by atoms with Gasteiger partial charge in [0.1, 0.15) is 5.58 Å². The van der Waals surface area contributed by atoms with Gasteiger partial charge in [-0.25, -0.2) is 0 Å². The molecule has 1 aliphatic heterocycles. The van der Waals surface area contributed by atoms with Crippen LogP contribution in [0.2, 0.25) is 0 Å². The SMILES string of the molecule is Cc1ccc(C)c2c(C)c(C(=O)NCCCCN3CCC(C)CC3)oc12. The van der Waals surface area contributed by atoms with E-state index in [0.29, 0.717) is 12.3 Å². The number of hydrogen-bond acceptors (Lipinski definition) is 3. The molecule has 1 saturated heterocycles. The third-order valence-electron chi connectivity index (χ3n) is 5.75. The number of amides is 1. The van der Waals surface area contributed by atoms with Crippen LogP contribution in [-0.2, 0) is 0 Å². The maximum Gasteiger partial charge on any atom is 0.287 e. The molecule has 2 heterocycles. The molecule has 0 atom stereocenters. The number of likely N-dealkylation sites (tertiary alicyclic amines) is 1. The lowest BCUT2D eigenvalue weighted by molar-refractivity contribution is 0.0926. The number of carbonyl (C=O) groups excluding carboxylic acids is 1. The molecule has 1 amide bonds. The first-order valence-electron chi connectivity index (χ1n) is 9.97. The van der Waals surface area contributed by atoms with Gasteiger partial charge < -0.3 is 14.6 Å². The fourth-order valence-electron chi connectivity index (χ4n) is 3.92. The Hall–Kier alpha value is -1.81. The van der Waals surface area contributed by atoms with Crippen LogP contribution < -0.4 is 5.32 Å². The fourth-order valence-corrected chi connectivity index (χ4v) is 3.92. The molecule has 0 bridgehead atoms. The summed E-state index contributed by atoms with van der Waals surface area (Å²) >= 11 is 0. The molecule has 1 N–H and O–H groups in total. The summed E-state index contributed by atoms with van der Waals surface area (Å²) in [5.41, 5.74) is 4.01. The smallest absolute Gasteiger partial charge is 0.287 e. The van der Waals surface area contributed by atoms with Crippen molar-refractivity contribution in [2.24, 2.45) is 5.92 Å². The number of benzene rings is 1. The van der Waals surface area contributed by atoms with Crippen LogP contribution in [0, 0.1) is 26.7 Å². The Morgan fingerprint density at radius 2 is 1.85 bits per heavy atom. The average molecular weight is 357 g/mol. The van der Waals surface area contributed by atoms with E-state index in [2.05, 4.69) is 30.1 Å². The molecule has 1 aliphatic rings. The summed E-state index contributed by atoms with van der Waals surface area (Å²) in [5.74, 6) is 1.25. The van der Waals surface area contributed by atoms with Gasteiger partial charge in [0.2, 0.25) is 0 Å². The Bertz CT molecular complexity index is 770.